The molecule has 1 aromatic carbocycles. The van der Waals surface area contributed by atoms with Crippen molar-refractivity contribution in [1.82, 2.24) is 0 Å². The maximum atomic E-state index is 11.1. The lowest BCUT2D eigenvalue weighted by Gasteiger charge is -2.09. The zero-order valence-electron chi connectivity index (χ0n) is 9.63. The van der Waals surface area contributed by atoms with Crippen LogP contribution in [0.4, 0.5) is 0 Å². The summed E-state index contributed by atoms with van der Waals surface area (Å²) in [6.45, 7) is 0. The number of carbonyl (C=O) groups excluding carboxylic acids is 1. The molecule has 2 rings (SSSR count). The first-order chi connectivity index (χ1) is 8.33. The third-order valence-corrected chi connectivity index (χ3v) is 2.71. The molecule has 0 aliphatic carbocycles. The van der Waals surface area contributed by atoms with Crippen LogP contribution in [0.1, 0.15) is 17.2 Å². The van der Waals surface area contributed by atoms with Crippen LogP contribution in [0, 0.1) is 0 Å². The fourth-order valence-electron chi connectivity index (χ4n) is 1.74. The summed E-state index contributed by atoms with van der Waals surface area (Å²) < 4.78 is 10.3. The third kappa shape index (κ3) is 2.75. The average molecular weight is 230 g/mol. The molecule has 88 valence electrons. The van der Waals surface area contributed by atoms with E-state index in [1.165, 1.54) is 0 Å². The minimum atomic E-state index is -0.174. The Kier molecular flexibility index (Phi) is 3.60. The summed E-state index contributed by atoms with van der Waals surface area (Å²) in [5, 5.41) is 0. The Morgan fingerprint density at radius 1 is 1.29 bits per heavy atom. The van der Waals surface area contributed by atoms with Gasteiger partial charge in [0.1, 0.15) is 17.8 Å². The Balaban J connectivity index is 2.14. The molecule has 1 atom stereocenters. The summed E-state index contributed by atoms with van der Waals surface area (Å²) in [6, 6.07) is 11.2. The minimum absolute atomic E-state index is 0.174. The summed E-state index contributed by atoms with van der Waals surface area (Å²) in [7, 11) is 1.62. The molecule has 0 saturated heterocycles. The fraction of sp³-hybridized carbons (Fsp3) is 0.214. The first-order valence-electron chi connectivity index (χ1n) is 5.45. The molecule has 3 nitrogen and oxygen atoms in total. The molecule has 0 bridgehead atoms. The van der Waals surface area contributed by atoms with Crippen LogP contribution in [0.2, 0.25) is 0 Å². The van der Waals surface area contributed by atoms with Gasteiger partial charge in [0.25, 0.3) is 0 Å². The lowest BCUT2D eigenvalue weighted by molar-refractivity contribution is -0.109. The number of rotatable bonds is 5. The molecule has 1 heterocycles. The van der Waals surface area contributed by atoms with Crippen molar-refractivity contribution in [2.75, 3.05) is 7.11 Å². The molecule has 0 aliphatic heterocycles. The van der Waals surface area contributed by atoms with Crippen molar-refractivity contribution in [1.29, 1.82) is 0 Å². The molecule has 0 spiro atoms. The van der Waals surface area contributed by atoms with Gasteiger partial charge >= 0.3 is 0 Å². The highest BCUT2D eigenvalue weighted by Crippen LogP contribution is 2.21. The van der Waals surface area contributed by atoms with E-state index in [0.29, 0.717) is 6.42 Å². The van der Waals surface area contributed by atoms with Gasteiger partial charge in [-0.25, -0.2) is 0 Å². The van der Waals surface area contributed by atoms with Gasteiger partial charge in [-0.2, -0.15) is 0 Å². The Hall–Kier alpha value is -2.03. The highest BCUT2D eigenvalue weighted by Gasteiger charge is 2.12. The standard InChI is InChI=1S/C14H14O3/c1-16-13-6-4-11(5-7-13)12(10-15)9-14-3-2-8-17-14/h2-8,10,12H,9H2,1H3. The summed E-state index contributed by atoms with van der Waals surface area (Å²) >= 11 is 0. The van der Waals surface area contributed by atoms with E-state index in [2.05, 4.69) is 0 Å². The van der Waals surface area contributed by atoms with Crippen LogP contribution in [0.25, 0.3) is 0 Å². The lowest BCUT2D eigenvalue weighted by atomic mass is 9.96. The Morgan fingerprint density at radius 3 is 2.59 bits per heavy atom. The van der Waals surface area contributed by atoms with E-state index in [9.17, 15) is 4.79 Å². The first-order valence-corrected chi connectivity index (χ1v) is 5.45. The SMILES string of the molecule is COc1ccc(C(C=O)Cc2ccco2)cc1. The number of hydrogen-bond acceptors (Lipinski definition) is 3. The van der Waals surface area contributed by atoms with E-state index in [4.69, 9.17) is 9.15 Å². The number of methoxy groups -OCH3 is 1. The molecule has 17 heavy (non-hydrogen) atoms. The normalized spacial score (nSPS) is 12.1. The molecule has 1 aromatic heterocycles. The smallest absolute Gasteiger partial charge is 0.127 e. The van der Waals surface area contributed by atoms with E-state index in [0.717, 1.165) is 23.4 Å². The van der Waals surface area contributed by atoms with Gasteiger partial charge in [-0.15, -0.1) is 0 Å². The largest absolute Gasteiger partial charge is 0.497 e. The highest BCUT2D eigenvalue weighted by atomic mass is 16.5. The Labute approximate surface area is 100 Å². The van der Waals surface area contributed by atoms with Crippen molar-refractivity contribution in [2.45, 2.75) is 12.3 Å². The van der Waals surface area contributed by atoms with Crippen molar-refractivity contribution in [3.05, 3.63) is 54.0 Å². The van der Waals surface area contributed by atoms with Gasteiger partial charge in [0.05, 0.1) is 13.4 Å². The van der Waals surface area contributed by atoms with Crippen molar-refractivity contribution < 1.29 is 13.9 Å². The van der Waals surface area contributed by atoms with Crippen LogP contribution in [0.5, 0.6) is 5.75 Å². The van der Waals surface area contributed by atoms with Crippen molar-refractivity contribution in [3.63, 3.8) is 0 Å². The molecule has 0 amide bonds. The van der Waals surface area contributed by atoms with Crippen LogP contribution in [0.15, 0.2) is 47.1 Å². The lowest BCUT2D eigenvalue weighted by Crippen LogP contribution is -2.03. The molecule has 1 unspecified atom stereocenters. The third-order valence-electron chi connectivity index (χ3n) is 2.71. The predicted molar refractivity (Wildman–Crippen MR) is 64.2 cm³/mol. The van der Waals surface area contributed by atoms with Gasteiger partial charge in [-0.3, -0.25) is 0 Å². The van der Waals surface area contributed by atoms with E-state index >= 15 is 0 Å². The summed E-state index contributed by atoms with van der Waals surface area (Å²) in [5.74, 6) is 1.43. The maximum Gasteiger partial charge on any atom is 0.127 e. The second-order valence-corrected chi connectivity index (χ2v) is 3.80. The number of furan rings is 1. The van der Waals surface area contributed by atoms with Crippen molar-refractivity contribution >= 4 is 6.29 Å². The van der Waals surface area contributed by atoms with Gasteiger partial charge < -0.3 is 13.9 Å². The van der Waals surface area contributed by atoms with Gasteiger partial charge in [0.15, 0.2) is 0 Å². The second kappa shape index (κ2) is 5.34. The zero-order valence-corrected chi connectivity index (χ0v) is 9.63. The van der Waals surface area contributed by atoms with Gasteiger partial charge in [-0.1, -0.05) is 12.1 Å². The number of hydrogen-bond donors (Lipinski definition) is 0. The van der Waals surface area contributed by atoms with Gasteiger partial charge in [-0.05, 0) is 29.8 Å². The number of ether oxygens (including phenoxy) is 1. The molecule has 0 saturated carbocycles. The fourth-order valence-corrected chi connectivity index (χ4v) is 1.74. The topological polar surface area (TPSA) is 39.4 Å². The number of benzene rings is 1. The first kappa shape index (κ1) is 11.5. The zero-order chi connectivity index (χ0) is 12.1. The molecule has 3 heteroatoms. The van der Waals surface area contributed by atoms with Crippen molar-refractivity contribution in [3.8, 4) is 5.75 Å². The van der Waals surface area contributed by atoms with E-state index in [1.54, 1.807) is 13.4 Å². The van der Waals surface area contributed by atoms with E-state index < -0.39 is 0 Å². The molecule has 0 radical (unpaired) electrons. The van der Waals surface area contributed by atoms with E-state index in [1.807, 2.05) is 36.4 Å². The molecular formula is C14H14O3. The monoisotopic (exact) mass is 230 g/mol. The van der Waals surface area contributed by atoms with Crippen molar-refractivity contribution in [2.24, 2.45) is 0 Å². The predicted octanol–water partition coefficient (Wildman–Crippen LogP) is 2.81. The maximum absolute atomic E-state index is 11.1. The van der Waals surface area contributed by atoms with Gasteiger partial charge in [0.2, 0.25) is 0 Å². The average Bonchev–Trinajstić information content (AvgIpc) is 2.89. The second-order valence-electron chi connectivity index (χ2n) is 3.80. The van der Waals surface area contributed by atoms with E-state index in [-0.39, 0.29) is 5.92 Å². The quantitative estimate of drug-likeness (QED) is 0.741. The van der Waals surface area contributed by atoms with Crippen LogP contribution < -0.4 is 4.74 Å². The molecule has 2 aromatic rings. The minimum Gasteiger partial charge on any atom is -0.497 e. The number of carbonyl (C=O) groups is 1. The Morgan fingerprint density at radius 2 is 2.06 bits per heavy atom. The molecule has 0 N–H and O–H groups in total. The molecular weight excluding hydrogens is 216 g/mol. The van der Waals surface area contributed by atoms with Crippen LogP contribution >= 0.6 is 0 Å². The van der Waals surface area contributed by atoms with Crippen LogP contribution in [0.3, 0.4) is 0 Å². The highest BCUT2D eigenvalue weighted by molar-refractivity contribution is 5.62. The summed E-state index contributed by atoms with van der Waals surface area (Å²) in [5.41, 5.74) is 0.970. The Bertz CT molecular complexity index is 457. The molecule has 0 aliphatic rings. The van der Waals surface area contributed by atoms with Crippen LogP contribution in [-0.4, -0.2) is 13.4 Å². The summed E-state index contributed by atoms with van der Waals surface area (Å²) in [4.78, 5) is 11.1. The molecule has 0 fully saturated rings. The van der Waals surface area contributed by atoms with Gasteiger partial charge in [0, 0.05) is 12.3 Å². The van der Waals surface area contributed by atoms with Crippen LogP contribution in [-0.2, 0) is 11.2 Å². The number of aldehydes is 1. The summed E-state index contributed by atoms with van der Waals surface area (Å²) in [6.07, 6.45) is 3.15.